The maximum absolute atomic E-state index is 11.2. The first-order valence-electron chi connectivity index (χ1n) is 4.06. The summed E-state index contributed by atoms with van der Waals surface area (Å²) in [4.78, 5) is 12.8. The highest BCUT2D eigenvalue weighted by molar-refractivity contribution is 6.37. The molecular formula is C7H13N3O3. The Hall–Kier alpha value is -1.30. The van der Waals surface area contributed by atoms with Crippen LogP contribution < -0.4 is 5.32 Å². The first-order chi connectivity index (χ1) is 6.29. The van der Waals surface area contributed by atoms with Crippen LogP contribution in [-0.4, -0.2) is 55.2 Å². The summed E-state index contributed by atoms with van der Waals surface area (Å²) < 4.78 is 5.10. The molecule has 6 heteroatoms. The van der Waals surface area contributed by atoms with Crippen LogP contribution in [-0.2, 0) is 9.53 Å². The molecule has 1 amide bonds. The summed E-state index contributed by atoms with van der Waals surface area (Å²) in [7, 11) is 1.49. The van der Waals surface area contributed by atoms with Crippen molar-refractivity contribution in [3.8, 4) is 0 Å². The number of morpholine rings is 1. The molecule has 1 fully saturated rings. The molecule has 0 bridgehead atoms. The molecule has 0 aliphatic carbocycles. The summed E-state index contributed by atoms with van der Waals surface area (Å²) >= 11 is 0. The van der Waals surface area contributed by atoms with Crippen molar-refractivity contribution in [1.82, 2.24) is 10.2 Å². The van der Waals surface area contributed by atoms with Crippen molar-refractivity contribution in [2.45, 2.75) is 0 Å². The minimum atomic E-state index is -0.385. The molecule has 13 heavy (non-hydrogen) atoms. The van der Waals surface area contributed by atoms with Crippen molar-refractivity contribution in [2.24, 2.45) is 5.16 Å². The van der Waals surface area contributed by atoms with E-state index in [0.29, 0.717) is 26.3 Å². The smallest absolute Gasteiger partial charge is 0.290 e. The molecule has 0 unspecified atom stereocenters. The van der Waals surface area contributed by atoms with E-state index in [1.54, 1.807) is 4.90 Å². The highest BCUT2D eigenvalue weighted by Crippen LogP contribution is 1.98. The van der Waals surface area contributed by atoms with E-state index in [1.807, 2.05) is 0 Å². The second-order valence-corrected chi connectivity index (χ2v) is 2.60. The van der Waals surface area contributed by atoms with Crippen LogP contribution in [0.15, 0.2) is 5.16 Å². The van der Waals surface area contributed by atoms with E-state index in [-0.39, 0.29) is 11.7 Å². The van der Waals surface area contributed by atoms with Gasteiger partial charge in [-0.2, -0.15) is 0 Å². The molecule has 74 valence electrons. The van der Waals surface area contributed by atoms with Crippen LogP contribution >= 0.6 is 0 Å². The fraction of sp³-hybridized carbons (Fsp3) is 0.714. The molecule has 1 saturated heterocycles. The van der Waals surface area contributed by atoms with Crippen LogP contribution in [0.4, 0.5) is 0 Å². The summed E-state index contributed by atoms with van der Waals surface area (Å²) in [5, 5.41) is 14.0. The van der Waals surface area contributed by atoms with Gasteiger partial charge in [-0.25, -0.2) is 0 Å². The van der Waals surface area contributed by atoms with Crippen molar-refractivity contribution in [3.63, 3.8) is 0 Å². The van der Waals surface area contributed by atoms with Gasteiger partial charge in [-0.3, -0.25) is 4.79 Å². The fourth-order valence-electron chi connectivity index (χ4n) is 1.14. The summed E-state index contributed by atoms with van der Waals surface area (Å²) in [6.45, 7) is 2.26. The Labute approximate surface area is 76.2 Å². The van der Waals surface area contributed by atoms with Crippen LogP contribution in [0.1, 0.15) is 0 Å². The van der Waals surface area contributed by atoms with Crippen molar-refractivity contribution >= 4 is 11.7 Å². The molecule has 2 N–H and O–H groups in total. The predicted molar refractivity (Wildman–Crippen MR) is 45.7 cm³/mol. The third-order valence-electron chi connectivity index (χ3n) is 1.84. The van der Waals surface area contributed by atoms with Gasteiger partial charge < -0.3 is 20.2 Å². The molecule has 0 radical (unpaired) electrons. The second kappa shape index (κ2) is 4.66. The zero-order valence-electron chi connectivity index (χ0n) is 7.49. The number of nitrogens with one attached hydrogen (secondary N) is 1. The van der Waals surface area contributed by atoms with Gasteiger partial charge in [0, 0.05) is 20.1 Å². The molecule has 1 aliphatic rings. The van der Waals surface area contributed by atoms with Gasteiger partial charge in [0.25, 0.3) is 5.91 Å². The van der Waals surface area contributed by atoms with Gasteiger partial charge >= 0.3 is 0 Å². The number of nitrogens with zero attached hydrogens (tertiary/aromatic N) is 2. The first-order valence-corrected chi connectivity index (χ1v) is 4.06. The fourth-order valence-corrected chi connectivity index (χ4v) is 1.14. The monoisotopic (exact) mass is 187 g/mol. The number of likely N-dealkylation sites (N-methyl/N-ethyl adjacent to an activating group) is 1. The van der Waals surface area contributed by atoms with Gasteiger partial charge in [0.15, 0.2) is 0 Å². The summed E-state index contributed by atoms with van der Waals surface area (Å²) in [6.07, 6.45) is 0. The molecule has 0 atom stereocenters. The number of carbonyl (C=O) groups is 1. The second-order valence-electron chi connectivity index (χ2n) is 2.60. The molecule has 1 rings (SSSR count). The van der Waals surface area contributed by atoms with E-state index < -0.39 is 0 Å². The number of rotatable bonds is 0. The van der Waals surface area contributed by atoms with E-state index in [0.717, 1.165) is 0 Å². The lowest BCUT2D eigenvalue weighted by molar-refractivity contribution is -0.115. The third-order valence-corrected chi connectivity index (χ3v) is 1.84. The van der Waals surface area contributed by atoms with E-state index in [9.17, 15) is 4.79 Å². The van der Waals surface area contributed by atoms with Gasteiger partial charge in [0.05, 0.1) is 13.2 Å². The Morgan fingerprint density at radius 1 is 1.54 bits per heavy atom. The van der Waals surface area contributed by atoms with E-state index in [2.05, 4.69) is 10.5 Å². The molecule has 0 saturated carbocycles. The Morgan fingerprint density at radius 3 is 2.62 bits per heavy atom. The summed E-state index contributed by atoms with van der Waals surface area (Å²) in [5.41, 5.74) is 0. The number of amides is 1. The molecule has 1 aliphatic heterocycles. The van der Waals surface area contributed by atoms with Crippen molar-refractivity contribution < 1.29 is 14.7 Å². The van der Waals surface area contributed by atoms with Crippen LogP contribution in [0.25, 0.3) is 0 Å². The molecular weight excluding hydrogens is 174 g/mol. The Morgan fingerprint density at radius 2 is 2.15 bits per heavy atom. The lowest BCUT2D eigenvalue weighted by Crippen LogP contribution is -2.47. The first kappa shape index (κ1) is 9.79. The number of carbonyl (C=O) groups excluding carboxylic acids is 1. The molecule has 6 nitrogen and oxygen atoms in total. The number of oxime groups is 1. The van der Waals surface area contributed by atoms with Gasteiger partial charge in [0.1, 0.15) is 0 Å². The normalized spacial score (nSPS) is 18.5. The third kappa shape index (κ3) is 2.32. The minimum absolute atomic E-state index is 0.0470. The molecule has 0 aromatic heterocycles. The quantitative estimate of drug-likeness (QED) is 0.217. The molecule has 1 heterocycles. The van der Waals surface area contributed by atoms with Crippen molar-refractivity contribution in [1.29, 1.82) is 0 Å². The van der Waals surface area contributed by atoms with Crippen molar-refractivity contribution in [3.05, 3.63) is 0 Å². The number of hydrogen-bond donors (Lipinski definition) is 2. The van der Waals surface area contributed by atoms with E-state index in [1.165, 1.54) is 7.05 Å². The SMILES string of the molecule is CNC(=O)/C(=N\O)N1CCOCC1. The van der Waals surface area contributed by atoms with Gasteiger partial charge in [-0.05, 0) is 0 Å². The van der Waals surface area contributed by atoms with Crippen LogP contribution in [0, 0.1) is 0 Å². The molecule has 0 spiro atoms. The topological polar surface area (TPSA) is 74.2 Å². The summed E-state index contributed by atoms with van der Waals surface area (Å²) in [5.74, 6) is -0.338. The zero-order valence-corrected chi connectivity index (χ0v) is 7.49. The largest absolute Gasteiger partial charge is 0.409 e. The summed E-state index contributed by atoms with van der Waals surface area (Å²) in [6, 6.07) is 0. The average Bonchev–Trinajstić information content (AvgIpc) is 2.20. The maximum atomic E-state index is 11.2. The lowest BCUT2D eigenvalue weighted by Gasteiger charge is -2.27. The van der Waals surface area contributed by atoms with Gasteiger partial charge in [-0.15, -0.1) is 0 Å². The van der Waals surface area contributed by atoms with Gasteiger partial charge in [-0.1, -0.05) is 5.16 Å². The minimum Gasteiger partial charge on any atom is -0.409 e. The van der Waals surface area contributed by atoms with Crippen LogP contribution in [0.2, 0.25) is 0 Å². The standard InChI is InChI=1S/C7H13N3O3/c1-8-7(11)6(9-12)10-2-4-13-5-3-10/h12H,2-5H2,1H3,(H,8,11)/b9-6+. The highest BCUT2D eigenvalue weighted by Gasteiger charge is 2.20. The van der Waals surface area contributed by atoms with Crippen LogP contribution in [0.3, 0.4) is 0 Å². The molecule has 0 aromatic carbocycles. The van der Waals surface area contributed by atoms with E-state index in [4.69, 9.17) is 9.94 Å². The predicted octanol–water partition coefficient (Wildman–Crippen LogP) is -1.15. The van der Waals surface area contributed by atoms with Gasteiger partial charge in [0.2, 0.25) is 5.84 Å². The number of amidine groups is 1. The van der Waals surface area contributed by atoms with E-state index >= 15 is 0 Å². The Bertz CT molecular complexity index is 211. The molecule has 0 aromatic rings. The van der Waals surface area contributed by atoms with Crippen LogP contribution in [0.5, 0.6) is 0 Å². The zero-order chi connectivity index (χ0) is 9.68. The highest BCUT2D eigenvalue weighted by atomic mass is 16.5. The van der Waals surface area contributed by atoms with Crippen molar-refractivity contribution in [2.75, 3.05) is 33.4 Å². The Balaban J connectivity index is 2.60. The number of hydrogen-bond acceptors (Lipinski definition) is 4. The number of ether oxygens (including phenoxy) is 1. The lowest BCUT2D eigenvalue weighted by atomic mass is 10.4. The Kier molecular flexibility index (Phi) is 3.51. The average molecular weight is 187 g/mol. The maximum Gasteiger partial charge on any atom is 0.290 e.